The van der Waals surface area contributed by atoms with Crippen LogP contribution in [0.2, 0.25) is 0 Å². The fraction of sp³-hybridized carbons (Fsp3) is 0.533. The van der Waals surface area contributed by atoms with E-state index in [0.29, 0.717) is 18.8 Å². The predicted molar refractivity (Wildman–Crippen MR) is 80.2 cm³/mol. The highest BCUT2D eigenvalue weighted by Gasteiger charge is 2.35. The molecule has 0 aromatic carbocycles. The number of pyridine rings is 1. The Morgan fingerprint density at radius 1 is 1.42 bits per heavy atom. The molecule has 1 unspecified atom stereocenters. The summed E-state index contributed by atoms with van der Waals surface area (Å²) in [4.78, 5) is 39.1. The Hall–Kier alpha value is -2.32. The van der Waals surface area contributed by atoms with Gasteiger partial charge < -0.3 is 15.2 Å². The van der Waals surface area contributed by atoms with E-state index in [4.69, 9.17) is 0 Å². The molecule has 9 heteroatoms. The number of amides is 2. The van der Waals surface area contributed by atoms with Gasteiger partial charge in [-0.2, -0.15) is 13.2 Å². The van der Waals surface area contributed by atoms with Gasteiger partial charge in [0.2, 0.25) is 11.8 Å². The largest absolute Gasteiger partial charge is 0.417 e. The Bertz CT molecular complexity index is 697. The molecule has 1 saturated heterocycles. The first kappa shape index (κ1) is 18.0. The summed E-state index contributed by atoms with van der Waals surface area (Å²) in [5.74, 6) is -1.27. The number of hydrogen-bond donors (Lipinski definition) is 2. The molecule has 132 valence electrons. The second-order valence-electron chi connectivity index (χ2n) is 6.21. The number of halogens is 3. The normalized spacial score (nSPS) is 18.3. The first-order valence-corrected chi connectivity index (χ1v) is 7.46. The Morgan fingerprint density at radius 2 is 2.08 bits per heavy atom. The third-order valence-corrected chi connectivity index (χ3v) is 3.66. The molecule has 2 amide bonds. The van der Waals surface area contributed by atoms with E-state index in [1.54, 1.807) is 4.90 Å². The van der Waals surface area contributed by atoms with Crippen LogP contribution in [0.4, 0.5) is 18.9 Å². The SMILES string of the molecule is CC(C)CN1CC(C(=O)Nc2cc(C(F)(F)F)c[nH]c2=O)CC1=O. The van der Waals surface area contributed by atoms with E-state index in [1.807, 2.05) is 18.8 Å². The summed E-state index contributed by atoms with van der Waals surface area (Å²) in [7, 11) is 0. The molecule has 6 nitrogen and oxygen atoms in total. The number of likely N-dealkylation sites (tertiary alicyclic amines) is 1. The van der Waals surface area contributed by atoms with Crippen molar-refractivity contribution in [1.29, 1.82) is 0 Å². The fourth-order valence-corrected chi connectivity index (χ4v) is 2.54. The van der Waals surface area contributed by atoms with Crippen molar-refractivity contribution in [3.63, 3.8) is 0 Å². The molecule has 2 rings (SSSR count). The maximum absolute atomic E-state index is 12.7. The lowest BCUT2D eigenvalue weighted by atomic mass is 10.1. The van der Waals surface area contributed by atoms with Crippen LogP contribution in [0.3, 0.4) is 0 Å². The maximum atomic E-state index is 12.7. The van der Waals surface area contributed by atoms with Crippen molar-refractivity contribution in [3.05, 3.63) is 28.2 Å². The number of hydrogen-bond acceptors (Lipinski definition) is 3. The summed E-state index contributed by atoms with van der Waals surface area (Å²) in [6, 6.07) is 0.583. The third kappa shape index (κ3) is 4.15. The van der Waals surface area contributed by atoms with Gasteiger partial charge in [0.25, 0.3) is 5.56 Å². The molecular formula is C15H18F3N3O3. The molecule has 24 heavy (non-hydrogen) atoms. The highest BCUT2D eigenvalue weighted by atomic mass is 19.4. The number of carbonyl (C=O) groups is 2. The summed E-state index contributed by atoms with van der Waals surface area (Å²) in [5, 5.41) is 2.20. The Kier molecular flexibility index (Phi) is 5.00. The van der Waals surface area contributed by atoms with Crippen molar-refractivity contribution in [1.82, 2.24) is 9.88 Å². The van der Waals surface area contributed by atoms with Crippen molar-refractivity contribution in [3.8, 4) is 0 Å². The molecule has 0 bridgehead atoms. The topological polar surface area (TPSA) is 82.3 Å². The lowest BCUT2D eigenvalue weighted by molar-refractivity contribution is -0.137. The average molecular weight is 345 g/mol. The standard InChI is InChI=1S/C15H18F3N3O3/c1-8(2)6-21-7-9(3-12(21)22)13(23)20-11-4-10(15(16,17)18)5-19-14(11)24/h4-5,8-9H,3,6-7H2,1-2H3,(H,19,24)(H,20,23). The fourth-order valence-electron chi connectivity index (χ4n) is 2.54. The maximum Gasteiger partial charge on any atom is 0.417 e. The minimum atomic E-state index is -4.64. The monoisotopic (exact) mass is 345 g/mol. The second-order valence-corrected chi connectivity index (χ2v) is 6.21. The van der Waals surface area contributed by atoms with Gasteiger partial charge in [-0.1, -0.05) is 13.8 Å². The lowest BCUT2D eigenvalue weighted by Crippen LogP contribution is -2.32. The zero-order chi connectivity index (χ0) is 18.1. The second kappa shape index (κ2) is 6.66. The number of H-pyrrole nitrogens is 1. The van der Waals surface area contributed by atoms with Crippen LogP contribution in [0.15, 0.2) is 17.1 Å². The van der Waals surface area contributed by atoms with E-state index < -0.39 is 34.8 Å². The van der Waals surface area contributed by atoms with Crippen LogP contribution >= 0.6 is 0 Å². The van der Waals surface area contributed by atoms with Crippen LogP contribution in [-0.4, -0.2) is 34.8 Å². The number of anilines is 1. The molecule has 1 aromatic rings. The Labute approximate surface area is 136 Å². The molecule has 0 aliphatic carbocycles. The number of nitrogens with one attached hydrogen (secondary N) is 2. The van der Waals surface area contributed by atoms with Crippen LogP contribution in [-0.2, 0) is 15.8 Å². The number of alkyl halides is 3. The van der Waals surface area contributed by atoms with Gasteiger partial charge in [0.15, 0.2) is 0 Å². The number of aromatic nitrogens is 1. The van der Waals surface area contributed by atoms with Crippen LogP contribution in [0.1, 0.15) is 25.8 Å². The van der Waals surface area contributed by atoms with Crippen LogP contribution < -0.4 is 10.9 Å². The summed E-state index contributed by atoms with van der Waals surface area (Å²) in [5.41, 5.74) is -2.38. The first-order chi connectivity index (χ1) is 11.1. The molecule has 1 fully saturated rings. The van der Waals surface area contributed by atoms with E-state index in [2.05, 4.69) is 5.32 Å². The quantitative estimate of drug-likeness (QED) is 0.873. The van der Waals surface area contributed by atoms with Gasteiger partial charge >= 0.3 is 6.18 Å². The van der Waals surface area contributed by atoms with E-state index in [1.165, 1.54) is 0 Å². The zero-order valence-corrected chi connectivity index (χ0v) is 13.2. The average Bonchev–Trinajstić information content (AvgIpc) is 2.80. The molecule has 1 aliphatic heterocycles. The molecule has 2 N–H and O–H groups in total. The van der Waals surface area contributed by atoms with Crippen molar-refractivity contribution in [2.45, 2.75) is 26.4 Å². The number of rotatable bonds is 4. The predicted octanol–water partition coefficient (Wildman–Crippen LogP) is 1.84. The first-order valence-electron chi connectivity index (χ1n) is 7.46. The Morgan fingerprint density at radius 3 is 2.67 bits per heavy atom. The summed E-state index contributed by atoms with van der Waals surface area (Å²) < 4.78 is 38.0. The molecule has 2 heterocycles. The number of carbonyl (C=O) groups excluding carboxylic acids is 2. The van der Waals surface area contributed by atoms with Gasteiger partial charge in [-0.05, 0) is 12.0 Å². The molecule has 1 aromatic heterocycles. The van der Waals surface area contributed by atoms with Gasteiger partial charge in [0.1, 0.15) is 5.69 Å². The van der Waals surface area contributed by atoms with Crippen LogP contribution in [0, 0.1) is 11.8 Å². The van der Waals surface area contributed by atoms with Crippen LogP contribution in [0.5, 0.6) is 0 Å². The molecule has 0 saturated carbocycles. The third-order valence-electron chi connectivity index (χ3n) is 3.66. The molecular weight excluding hydrogens is 327 g/mol. The molecule has 0 radical (unpaired) electrons. The number of nitrogens with zero attached hydrogens (tertiary/aromatic N) is 1. The van der Waals surface area contributed by atoms with Gasteiger partial charge in [0, 0.05) is 25.7 Å². The van der Waals surface area contributed by atoms with Crippen molar-refractivity contribution in [2.75, 3.05) is 18.4 Å². The van der Waals surface area contributed by atoms with E-state index >= 15 is 0 Å². The summed E-state index contributed by atoms with van der Waals surface area (Å²) in [6.45, 7) is 4.57. The van der Waals surface area contributed by atoms with Crippen LogP contribution in [0.25, 0.3) is 0 Å². The van der Waals surface area contributed by atoms with Gasteiger partial charge in [-0.3, -0.25) is 14.4 Å². The van der Waals surface area contributed by atoms with E-state index in [0.717, 1.165) is 0 Å². The van der Waals surface area contributed by atoms with Gasteiger partial charge in [-0.25, -0.2) is 0 Å². The summed E-state index contributed by atoms with van der Waals surface area (Å²) >= 11 is 0. The molecule has 1 atom stereocenters. The molecule has 0 spiro atoms. The van der Waals surface area contributed by atoms with Crippen molar-refractivity contribution < 1.29 is 22.8 Å². The smallest absolute Gasteiger partial charge is 0.342 e. The lowest BCUT2D eigenvalue weighted by Gasteiger charge is -2.18. The number of aromatic amines is 1. The van der Waals surface area contributed by atoms with E-state index in [-0.39, 0.29) is 24.8 Å². The van der Waals surface area contributed by atoms with Crippen molar-refractivity contribution >= 4 is 17.5 Å². The highest BCUT2D eigenvalue weighted by molar-refractivity contribution is 5.97. The zero-order valence-electron chi connectivity index (χ0n) is 13.2. The van der Waals surface area contributed by atoms with E-state index in [9.17, 15) is 27.6 Å². The van der Waals surface area contributed by atoms with Crippen molar-refractivity contribution in [2.24, 2.45) is 11.8 Å². The van der Waals surface area contributed by atoms with Gasteiger partial charge in [-0.15, -0.1) is 0 Å². The Balaban J connectivity index is 2.11. The molecule has 1 aliphatic rings. The van der Waals surface area contributed by atoms with Gasteiger partial charge in [0.05, 0.1) is 11.5 Å². The minimum Gasteiger partial charge on any atom is -0.342 e. The summed E-state index contributed by atoms with van der Waals surface area (Å²) in [6.07, 6.45) is -4.11. The highest BCUT2D eigenvalue weighted by Crippen LogP contribution is 2.29. The minimum absolute atomic E-state index is 0.0184.